The largest absolute Gasteiger partial charge is 0.497 e. The SMILES string of the molecule is COc1cc(OC)cc(C(=O)N[C@H]2CCCN(c3cc(-c4ccc(Cl)cc4)[nH]n3)C2)c1. The zero-order chi connectivity index (χ0) is 21.8. The van der Waals surface area contributed by atoms with Crippen molar-refractivity contribution < 1.29 is 14.3 Å². The topological polar surface area (TPSA) is 79.5 Å². The van der Waals surface area contributed by atoms with Gasteiger partial charge in [-0.1, -0.05) is 23.7 Å². The minimum Gasteiger partial charge on any atom is -0.497 e. The van der Waals surface area contributed by atoms with E-state index in [0.717, 1.165) is 36.5 Å². The number of ether oxygens (including phenoxy) is 2. The van der Waals surface area contributed by atoms with E-state index >= 15 is 0 Å². The van der Waals surface area contributed by atoms with Crippen LogP contribution in [0.4, 0.5) is 5.82 Å². The smallest absolute Gasteiger partial charge is 0.251 e. The average Bonchev–Trinajstić information content (AvgIpc) is 3.29. The lowest BCUT2D eigenvalue weighted by molar-refractivity contribution is 0.0932. The number of rotatable bonds is 6. The number of carbonyl (C=O) groups is 1. The molecule has 1 aliphatic heterocycles. The molecule has 0 aliphatic carbocycles. The van der Waals surface area contributed by atoms with Gasteiger partial charge in [0.05, 0.1) is 19.9 Å². The molecule has 2 heterocycles. The highest BCUT2D eigenvalue weighted by atomic mass is 35.5. The first-order valence-corrected chi connectivity index (χ1v) is 10.5. The molecule has 162 valence electrons. The van der Waals surface area contributed by atoms with Crippen LogP contribution in [0, 0.1) is 0 Å². The third-order valence-corrected chi connectivity index (χ3v) is 5.67. The Morgan fingerprint density at radius 2 is 1.84 bits per heavy atom. The Labute approximate surface area is 186 Å². The van der Waals surface area contributed by atoms with E-state index in [0.29, 0.717) is 28.6 Å². The monoisotopic (exact) mass is 440 g/mol. The molecular formula is C23H25ClN4O3. The van der Waals surface area contributed by atoms with Gasteiger partial charge in [0.2, 0.25) is 0 Å². The van der Waals surface area contributed by atoms with Crippen molar-refractivity contribution in [3.05, 3.63) is 59.1 Å². The molecule has 0 saturated carbocycles. The second kappa shape index (κ2) is 9.31. The van der Waals surface area contributed by atoms with E-state index in [9.17, 15) is 4.79 Å². The molecule has 0 spiro atoms. The van der Waals surface area contributed by atoms with Gasteiger partial charge in [-0.05, 0) is 42.7 Å². The number of nitrogens with zero attached hydrogens (tertiary/aromatic N) is 2. The maximum atomic E-state index is 12.8. The van der Waals surface area contributed by atoms with Gasteiger partial charge in [0.1, 0.15) is 11.5 Å². The van der Waals surface area contributed by atoms with Gasteiger partial charge in [-0.25, -0.2) is 0 Å². The number of carbonyl (C=O) groups excluding carboxylic acids is 1. The highest BCUT2D eigenvalue weighted by molar-refractivity contribution is 6.30. The average molecular weight is 441 g/mol. The predicted octanol–water partition coefficient (Wildman–Crippen LogP) is 4.15. The van der Waals surface area contributed by atoms with Crippen molar-refractivity contribution in [3.63, 3.8) is 0 Å². The maximum absolute atomic E-state index is 12.8. The lowest BCUT2D eigenvalue weighted by atomic mass is 10.0. The number of amides is 1. The number of aromatic amines is 1. The van der Waals surface area contributed by atoms with Crippen LogP contribution in [-0.2, 0) is 0 Å². The van der Waals surface area contributed by atoms with E-state index in [2.05, 4.69) is 20.4 Å². The summed E-state index contributed by atoms with van der Waals surface area (Å²) in [6, 6.07) is 14.9. The minimum atomic E-state index is -0.145. The summed E-state index contributed by atoms with van der Waals surface area (Å²) in [7, 11) is 3.13. The van der Waals surface area contributed by atoms with E-state index < -0.39 is 0 Å². The highest BCUT2D eigenvalue weighted by Gasteiger charge is 2.24. The van der Waals surface area contributed by atoms with Crippen molar-refractivity contribution in [1.82, 2.24) is 15.5 Å². The molecule has 2 aromatic carbocycles. The van der Waals surface area contributed by atoms with E-state index in [1.54, 1.807) is 32.4 Å². The quantitative estimate of drug-likeness (QED) is 0.602. The van der Waals surface area contributed by atoms with Gasteiger partial charge in [0, 0.05) is 41.9 Å². The summed E-state index contributed by atoms with van der Waals surface area (Å²) in [5, 5.41) is 11.4. The summed E-state index contributed by atoms with van der Waals surface area (Å²) in [6.07, 6.45) is 1.88. The van der Waals surface area contributed by atoms with Crippen molar-refractivity contribution in [2.75, 3.05) is 32.2 Å². The van der Waals surface area contributed by atoms with Crippen molar-refractivity contribution in [3.8, 4) is 22.8 Å². The standard InChI is InChI=1S/C23H25ClN4O3/c1-30-19-10-16(11-20(12-19)31-2)23(29)25-18-4-3-9-28(14-18)22-13-21(26-27-22)15-5-7-17(24)8-6-15/h5-8,10-13,18H,3-4,9,14H2,1-2H3,(H,25,29)(H,26,27)/t18-/m0/s1. The molecule has 0 unspecified atom stereocenters. The normalized spacial score (nSPS) is 16.1. The molecule has 8 heteroatoms. The van der Waals surface area contributed by atoms with Gasteiger partial charge < -0.3 is 19.7 Å². The minimum absolute atomic E-state index is 0.0223. The fraction of sp³-hybridized carbons (Fsp3) is 0.304. The van der Waals surface area contributed by atoms with Crippen LogP contribution in [-0.4, -0.2) is 49.5 Å². The molecule has 7 nitrogen and oxygen atoms in total. The van der Waals surface area contributed by atoms with E-state index in [1.807, 2.05) is 30.3 Å². The Morgan fingerprint density at radius 3 is 2.52 bits per heavy atom. The molecule has 3 aromatic rings. The number of anilines is 1. The molecule has 4 rings (SSSR count). The highest BCUT2D eigenvalue weighted by Crippen LogP contribution is 2.26. The molecule has 1 aliphatic rings. The predicted molar refractivity (Wildman–Crippen MR) is 121 cm³/mol. The number of nitrogens with one attached hydrogen (secondary N) is 2. The third kappa shape index (κ3) is 4.94. The summed E-state index contributed by atoms with van der Waals surface area (Å²) >= 11 is 5.98. The Kier molecular flexibility index (Phi) is 6.32. The van der Waals surface area contributed by atoms with Crippen LogP contribution in [0.1, 0.15) is 23.2 Å². The van der Waals surface area contributed by atoms with Crippen molar-refractivity contribution in [2.45, 2.75) is 18.9 Å². The van der Waals surface area contributed by atoms with E-state index in [-0.39, 0.29) is 11.9 Å². The number of benzene rings is 2. The van der Waals surface area contributed by atoms with Gasteiger partial charge in [-0.2, -0.15) is 5.10 Å². The lowest BCUT2D eigenvalue weighted by Crippen LogP contribution is -2.48. The van der Waals surface area contributed by atoms with Crippen molar-refractivity contribution >= 4 is 23.3 Å². The van der Waals surface area contributed by atoms with Crippen LogP contribution < -0.4 is 19.7 Å². The Balaban J connectivity index is 1.43. The number of hydrogen-bond donors (Lipinski definition) is 2. The molecule has 31 heavy (non-hydrogen) atoms. The summed E-state index contributed by atoms with van der Waals surface area (Å²) in [5.74, 6) is 1.89. The fourth-order valence-electron chi connectivity index (χ4n) is 3.76. The van der Waals surface area contributed by atoms with Gasteiger partial charge in [-0.3, -0.25) is 9.89 Å². The summed E-state index contributed by atoms with van der Waals surface area (Å²) in [6.45, 7) is 1.59. The number of piperidine rings is 1. The molecule has 2 N–H and O–H groups in total. The molecule has 1 amide bonds. The zero-order valence-corrected chi connectivity index (χ0v) is 18.3. The first-order chi connectivity index (χ1) is 15.1. The summed E-state index contributed by atoms with van der Waals surface area (Å²) in [4.78, 5) is 15.0. The van der Waals surface area contributed by atoms with Gasteiger partial charge in [0.15, 0.2) is 5.82 Å². The van der Waals surface area contributed by atoms with E-state index in [4.69, 9.17) is 21.1 Å². The van der Waals surface area contributed by atoms with Crippen LogP contribution in [0.3, 0.4) is 0 Å². The molecule has 1 saturated heterocycles. The second-order valence-corrected chi connectivity index (χ2v) is 7.94. The summed E-state index contributed by atoms with van der Waals surface area (Å²) in [5.41, 5.74) is 2.47. The fourth-order valence-corrected chi connectivity index (χ4v) is 3.89. The number of hydrogen-bond acceptors (Lipinski definition) is 5. The first kappa shape index (κ1) is 21.1. The lowest BCUT2D eigenvalue weighted by Gasteiger charge is -2.33. The number of aromatic nitrogens is 2. The molecule has 0 radical (unpaired) electrons. The van der Waals surface area contributed by atoms with E-state index in [1.165, 1.54) is 0 Å². The van der Waals surface area contributed by atoms with Crippen LogP contribution in [0.5, 0.6) is 11.5 Å². The van der Waals surface area contributed by atoms with Crippen molar-refractivity contribution in [2.24, 2.45) is 0 Å². The molecule has 0 bridgehead atoms. The number of methoxy groups -OCH3 is 2. The molecule has 1 fully saturated rings. The van der Waals surface area contributed by atoms with Crippen LogP contribution in [0.15, 0.2) is 48.5 Å². The molecular weight excluding hydrogens is 416 g/mol. The Morgan fingerprint density at radius 1 is 1.13 bits per heavy atom. The van der Waals surface area contributed by atoms with Gasteiger partial charge >= 0.3 is 0 Å². The third-order valence-electron chi connectivity index (χ3n) is 5.41. The van der Waals surface area contributed by atoms with Crippen LogP contribution >= 0.6 is 11.6 Å². The van der Waals surface area contributed by atoms with Crippen LogP contribution in [0.2, 0.25) is 5.02 Å². The maximum Gasteiger partial charge on any atom is 0.251 e. The second-order valence-electron chi connectivity index (χ2n) is 7.51. The summed E-state index contributed by atoms with van der Waals surface area (Å²) < 4.78 is 10.5. The Hall–Kier alpha value is -3.19. The molecule has 1 aromatic heterocycles. The van der Waals surface area contributed by atoms with Crippen LogP contribution in [0.25, 0.3) is 11.3 Å². The first-order valence-electron chi connectivity index (χ1n) is 10.2. The Bertz CT molecular complexity index is 1030. The molecule has 1 atom stereocenters. The van der Waals surface area contributed by atoms with Gasteiger partial charge in [0.25, 0.3) is 5.91 Å². The van der Waals surface area contributed by atoms with Gasteiger partial charge in [-0.15, -0.1) is 0 Å². The zero-order valence-electron chi connectivity index (χ0n) is 17.5. The van der Waals surface area contributed by atoms with Crippen molar-refractivity contribution in [1.29, 1.82) is 0 Å². The number of H-pyrrole nitrogens is 1. The number of halogens is 1.